The average molecular weight is 368 g/mol. The Kier molecular flexibility index (Phi) is 9.13. The van der Waals surface area contributed by atoms with E-state index in [-0.39, 0.29) is 30.2 Å². The fraction of sp³-hybridized carbons (Fsp3) is 0.625. The maximum absolute atomic E-state index is 12.3. The summed E-state index contributed by atoms with van der Waals surface area (Å²) in [6, 6.07) is -1.21. The lowest BCUT2D eigenvalue weighted by atomic mass is 10.1. The van der Waals surface area contributed by atoms with Gasteiger partial charge in [0.1, 0.15) is 12.3 Å². The molecule has 1 heterocycles. The van der Waals surface area contributed by atoms with Crippen LogP contribution in [0.25, 0.3) is 0 Å². The second-order valence-electron chi connectivity index (χ2n) is 5.69. The number of rotatable bonds is 11. The van der Waals surface area contributed by atoms with Crippen LogP contribution in [0.2, 0.25) is 0 Å². The number of hydrogen-bond acceptors (Lipinski definition) is 7. The molecular weight excluding hydrogens is 340 g/mol. The van der Waals surface area contributed by atoms with Crippen molar-refractivity contribution in [1.29, 1.82) is 0 Å². The first-order chi connectivity index (χ1) is 12.4. The van der Waals surface area contributed by atoms with Gasteiger partial charge >= 0.3 is 5.97 Å². The van der Waals surface area contributed by atoms with E-state index < -0.39 is 17.9 Å². The standard InChI is InChI=1S/C16H28N6O4/c1-3-6-10(17)14-22-12(9-26-14)13(23)21-11(15(24)25-4-2)7-5-8-20-16(18)19/h9-11H,3-8,17H2,1-2H3,(H,21,23)(H4,18,19,20). The van der Waals surface area contributed by atoms with E-state index in [4.69, 9.17) is 26.4 Å². The fourth-order valence-corrected chi connectivity index (χ4v) is 2.22. The van der Waals surface area contributed by atoms with E-state index in [9.17, 15) is 9.59 Å². The number of aliphatic imine (C=N–C) groups is 1. The first kappa shape index (κ1) is 21.4. The van der Waals surface area contributed by atoms with Gasteiger partial charge in [0.2, 0.25) is 5.89 Å². The highest BCUT2D eigenvalue weighted by molar-refractivity contribution is 5.94. The van der Waals surface area contributed by atoms with E-state index in [2.05, 4.69) is 15.3 Å². The van der Waals surface area contributed by atoms with Crippen molar-refractivity contribution in [2.45, 2.75) is 51.6 Å². The molecule has 0 aromatic carbocycles. The number of aromatic nitrogens is 1. The minimum atomic E-state index is -0.832. The molecule has 1 rings (SSSR count). The van der Waals surface area contributed by atoms with Gasteiger partial charge in [-0.3, -0.25) is 9.79 Å². The van der Waals surface area contributed by atoms with Crippen LogP contribution in [0.4, 0.5) is 0 Å². The molecule has 146 valence electrons. The number of nitrogens with two attached hydrogens (primary N) is 3. The van der Waals surface area contributed by atoms with Gasteiger partial charge in [0.25, 0.3) is 5.91 Å². The molecule has 1 aromatic heterocycles. The minimum Gasteiger partial charge on any atom is -0.464 e. The smallest absolute Gasteiger partial charge is 0.328 e. The van der Waals surface area contributed by atoms with Gasteiger partial charge in [-0.05, 0) is 26.2 Å². The molecule has 10 heteroatoms. The van der Waals surface area contributed by atoms with Crippen molar-refractivity contribution in [2.24, 2.45) is 22.2 Å². The van der Waals surface area contributed by atoms with Crippen LogP contribution in [0.15, 0.2) is 15.7 Å². The number of carbonyl (C=O) groups excluding carboxylic acids is 2. The highest BCUT2D eigenvalue weighted by Gasteiger charge is 2.24. The summed E-state index contributed by atoms with van der Waals surface area (Å²) in [5.41, 5.74) is 16.5. The molecule has 0 aliphatic heterocycles. The molecule has 1 amide bonds. The molecule has 2 unspecified atom stereocenters. The molecule has 0 bridgehead atoms. The Morgan fingerprint density at radius 1 is 1.35 bits per heavy atom. The number of hydrogen-bond donors (Lipinski definition) is 4. The highest BCUT2D eigenvalue weighted by atomic mass is 16.5. The van der Waals surface area contributed by atoms with Crippen molar-refractivity contribution < 1.29 is 18.7 Å². The van der Waals surface area contributed by atoms with Crippen LogP contribution in [-0.2, 0) is 9.53 Å². The molecule has 1 aromatic rings. The third-order valence-electron chi connectivity index (χ3n) is 3.49. The topological polar surface area (TPSA) is 172 Å². The largest absolute Gasteiger partial charge is 0.464 e. The first-order valence-electron chi connectivity index (χ1n) is 8.62. The monoisotopic (exact) mass is 368 g/mol. The van der Waals surface area contributed by atoms with Crippen LogP contribution < -0.4 is 22.5 Å². The Hall–Kier alpha value is -2.62. The Morgan fingerprint density at radius 2 is 2.08 bits per heavy atom. The Bertz CT molecular complexity index is 612. The van der Waals surface area contributed by atoms with Gasteiger partial charge in [-0.25, -0.2) is 9.78 Å². The summed E-state index contributed by atoms with van der Waals surface area (Å²) in [5.74, 6) is -0.807. The summed E-state index contributed by atoms with van der Waals surface area (Å²) >= 11 is 0. The van der Waals surface area contributed by atoms with Crippen LogP contribution in [0.5, 0.6) is 0 Å². The van der Waals surface area contributed by atoms with E-state index in [1.165, 1.54) is 6.26 Å². The van der Waals surface area contributed by atoms with Crippen LogP contribution in [0, 0.1) is 0 Å². The van der Waals surface area contributed by atoms with Crippen LogP contribution >= 0.6 is 0 Å². The van der Waals surface area contributed by atoms with Gasteiger partial charge in [-0.15, -0.1) is 0 Å². The third-order valence-corrected chi connectivity index (χ3v) is 3.49. The van der Waals surface area contributed by atoms with Gasteiger partial charge in [-0.2, -0.15) is 0 Å². The summed E-state index contributed by atoms with van der Waals surface area (Å²) in [7, 11) is 0. The summed E-state index contributed by atoms with van der Waals surface area (Å²) in [6.45, 7) is 4.23. The second-order valence-corrected chi connectivity index (χ2v) is 5.69. The Labute approximate surface area is 152 Å². The molecule has 0 radical (unpaired) electrons. The molecule has 0 fully saturated rings. The number of nitrogens with zero attached hydrogens (tertiary/aromatic N) is 2. The van der Waals surface area contributed by atoms with Gasteiger partial charge in [0, 0.05) is 6.54 Å². The zero-order valence-corrected chi connectivity index (χ0v) is 15.2. The first-order valence-corrected chi connectivity index (χ1v) is 8.62. The normalized spacial score (nSPS) is 12.9. The summed E-state index contributed by atoms with van der Waals surface area (Å²) in [5, 5.41) is 2.60. The molecule has 7 N–H and O–H groups in total. The molecule has 0 aliphatic rings. The lowest BCUT2D eigenvalue weighted by molar-refractivity contribution is -0.145. The van der Waals surface area contributed by atoms with E-state index in [1.54, 1.807) is 6.92 Å². The maximum Gasteiger partial charge on any atom is 0.328 e. The zero-order chi connectivity index (χ0) is 19.5. The molecular formula is C16H28N6O4. The highest BCUT2D eigenvalue weighted by Crippen LogP contribution is 2.15. The quantitative estimate of drug-likeness (QED) is 0.185. The number of oxazole rings is 1. The number of ether oxygens (including phenoxy) is 1. The molecule has 0 saturated heterocycles. The molecule has 0 saturated carbocycles. The van der Waals surface area contributed by atoms with Gasteiger partial charge in [0.05, 0.1) is 12.6 Å². The third kappa shape index (κ3) is 7.09. The van der Waals surface area contributed by atoms with Crippen LogP contribution in [0.1, 0.15) is 62.0 Å². The van der Waals surface area contributed by atoms with Crippen LogP contribution in [-0.4, -0.2) is 42.0 Å². The second kappa shape index (κ2) is 11.1. The lowest BCUT2D eigenvalue weighted by Gasteiger charge is -2.16. The summed E-state index contributed by atoms with van der Waals surface area (Å²) in [6.07, 6.45) is 3.60. The van der Waals surface area contributed by atoms with E-state index >= 15 is 0 Å². The molecule has 0 spiro atoms. The zero-order valence-electron chi connectivity index (χ0n) is 15.2. The van der Waals surface area contributed by atoms with Crippen molar-refractivity contribution >= 4 is 17.8 Å². The Morgan fingerprint density at radius 3 is 2.69 bits per heavy atom. The molecule has 26 heavy (non-hydrogen) atoms. The molecule has 10 nitrogen and oxygen atoms in total. The van der Waals surface area contributed by atoms with E-state index in [0.29, 0.717) is 25.8 Å². The summed E-state index contributed by atoms with van der Waals surface area (Å²) in [4.78, 5) is 32.3. The van der Waals surface area contributed by atoms with Crippen LogP contribution in [0.3, 0.4) is 0 Å². The number of guanidine groups is 1. The van der Waals surface area contributed by atoms with E-state index in [0.717, 1.165) is 6.42 Å². The summed E-state index contributed by atoms with van der Waals surface area (Å²) < 4.78 is 10.2. The average Bonchev–Trinajstić information content (AvgIpc) is 3.08. The number of nitrogens with one attached hydrogen (secondary N) is 1. The van der Waals surface area contributed by atoms with E-state index in [1.807, 2.05) is 6.92 Å². The number of esters is 1. The minimum absolute atomic E-state index is 0.0275. The van der Waals surface area contributed by atoms with Gasteiger partial charge in [-0.1, -0.05) is 13.3 Å². The predicted molar refractivity (Wildman–Crippen MR) is 96.1 cm³/mol. The predicted octanol–water partition coefficient (Wildman–Crippen LogP) is 0.190. The number of amides is 1. The van der Waals surface area contributed by atoms with Gasteiger partial charge in [0.15, 0.2) is 11.7 Å². The fourth-order valence-electron chi connectivity index (χ4n) is 2.22. The lowest BCUT2D eigenvalue weighted by Crippen LogP contribution is -2.42. The van der Waals surface area contributed by atoms with Crippen molar-refractivity contribution in [3.8, 4) is 0 Å². The number of carbonyl (C=O) groups is 2. The Balaban J connectivity index is 2.71. The van der Waals surface area contributed by atoms with Crippen molar-refractivity contribution in [3.63, 3.8) is 0 Å². The van der Waals surface area contributed by atoms with Crippen molar-refractivity contribution in [2.75, 3.05) is 13.2 Å². The van der Waals surface area contributed by atoms with Crippen molar-refractivity contribution in [1.82, 2.24) is 10.3 Å². The van der Waals surface area contributed by atoms with Gasteiger partial charge < -0.3 is 31.7 Å². The molecule has 2 atom stereocenters. The van der Waals surface area contributed by atoms with Crippen molar-refractivity contribution in [3.05, 3.63) is 17.8 Å². The maximum atomic E-state index is 12.3. The SMILES string of the molecule is CCCC(N)c1nc(C(=O)NC(CCCN=C(N)N)C(=O)OCC)co1. The molecule has 0 aliphatic carbocycles.